The van der Waals surface area contributed by atoms with E-state index >= 15 is 0 Å². The highest BCUT2D eigenvalue weighted by Gasteiger charge is 2.50. The van der Waals surface area contributed by atoms with Crippen LogP contribution in [-0.4, -0.2) is 199 Å². The lowest BCUT2D eigenvalue weighted by Crippen LogP contribution is -2.56. The monoisotopic (exact) mass is 718 g/mol. The zero-order chi connectivity index (χ0) is 36.2. The Kier molecular flexibility index (Phi) is 10.3. The molecule has 3 aromatic rings. The quantitative estimate of drug-likeness (QED) is 0.0976. The first-order chi connectivity index (χ1) is 23.8. The smallest absolute Gasteiger partial charge is 0.180 e. The summed E-state index contributed by atoms with van der Waals surface area (Å²) in [5, 5.41) is 146. The molecule has 6 rings (SSSR count). The van der Waals surface area contributed by atoms with Crippen LogP contribution in [0.2, 0.25) is 0 Å². The molecule has 25 heteroatoms. The summed E-state index contributed by atoms with van der Waals surface area (Å²) in [6, 6.07) is 0. The first kappa shape index (κ1) is 36.6. The van der Waals surface area contributed by atoms with Crippen LogP contribution in [0.5, 0.6) is 0 Å². The van der Waals surface area contributed by atoms with E-state index in [-0.39, 0.29) is 17.1 Å². The van der Waals surface area contributed by atoms with Gasteiger partial charge in [0.2, 0.25) is 0 Å². The van der Waals surface area contributed by atoms with Crippen molar-refractivity contribution in [3.05, 3.63) is 35.7 Å². The Balaban J connectivity index is 1.41. The van der Waals surface area contributed by atoms with Gasteiger partial charge in [0.25, 0.3) is 0 Å². The first-order valence-electron chi connectivity index (χ1n) is 15.2. The van der Waals surface area contributed by atoms with Crippen molar-refractivity contribution in [3.63, 3.8) is 0 Å². The van der Waals surface area contributed by atoms with Crippen molar-refractivity contribution in [2.75, 3.05) is 19.8 Å². The molecule has 25 nitrogen and oxygen atoms in total. The summed E-state index contributed by atoms with van der Waals surface area (Å²) < 4.78 is 19.5. The number of hydrogen-bond donors (Lipinski definition) is 13. The van der Waals surface area contributed by atoms with Gasteiger partial charge >= 0.3 is 0 Å². The van der Waals surface area contributed by atoms with Crippen molar-refractivity contribution in [2.45, 2.75) is 97.5 Å². The number of aliphatic hydroxyl groups is 12. The van der Waals surface area contributed by atoms with Gasteiger partial charge in [-0.25, -0.2) is 14.0 Å². The van der Waals surface area contributed by atoms with Crippen molar-refractivity contribution in [1.82, 2.24) is 45.0 Å². The predicted octanol–water partition coefficient (Wildman–Crippen LogP) is -9.37. The number of rotatable bonds is 9. The maximum Gasteiger partial charge on any atom is 0.180 e. The average molecular weight is 719 g/mol. The van der Waals surface area contributed by atoms with E-state index in [1.54, 1.807) is 0 Å². The molecule has 3 aromatic heterocycles. The van der Waals surface area contributed by atoms with Crippen LogP contribution in [0.1, 0.15) is 35.8 Å². The number of nitrogens with zero attached hydrogens (tertiary/aromatic N) is 9. The van der Waals surface area contributed by atoms with Crippen molar-refractivity contribution in [1.29, 1.82) is 0 Å². The van der Waals surface area contributed by atoms with Gasteiger partial charge in [0.05, 0.1) is 38.4 Å². The Morgan fingerprint density at radius 2 is 0.740 bits per heavy atom. The molecular formula is C25H38N10O15. The number of aliphatic hydroxyl groups excluding tert-OH is 12. The zero-order valence-corrected chi connectivity index (χ0v) is 25.7. The van der Waals surface area contributed by atoms with E-state index in [4.69, 9.17) is 19.9 Å². The highest BCUT2D eigenvalue weighted by Crippen LogP contribution is 2.36. The molecule has 3 fully saturated rings. The third-order valence-electron chi connectivity index (χ3n) is 9.13. The second kappa shape index (κ2) is 14.1. The molecule has 0 radical (unpaired) electrons. The second-order valence-corrected chi connectivity index (χ2v) is 12.2. The molecule has 0 aromatic carbocycles. The standard InChI is InChI=1S/C25H38N10O15/c26-25(10-1-33(30-27-10)22-19(45)16(42)13(39)7(4-36)48-22,11-2-34(31-28-11)23-20(46)17(43)14(40)8(5-37)49-23)12-3-35(32-29-12)24-21(47)18(44)15(41)9(6-38)50-24/h1-3,7-9,13-24,36-47H,4-6,26H2/t7-,8-,9-,13-,14-,15-,16+,17+,18+,19-,20-,21-,22-,23-,24-/m1/s1. The van der Waals surface area contributed by atoms with Gasteiger partial charge in [-0.3, -0.25) is 0 Å². The van der Waals surface area contributed by atoms with Crippen LogP contribution in [0.15, 0.2) is 18.6 Å². The molecular weight excluding hydrogens is 680 g/mol. The van der Waals surface area contributed by atoms with E-state index in [1.165, 1.54) is 0 Å². The van der Waals surface area contributed by atoms with E-state index in [1.807, 2.05) is 0 Å². The minimum atomic E-state index is -2.15. The Morgan fingerprint density at radius 1 is 0.480 bits per heavy atom. The summed E-state index contributed by atoms with van der Waals surface area (Å²) >= 11 is 0. The summed E-state index contributed by atoms with van der Waals surface area (Å²) in [5.41, 5.74) is 4.17. The lowest BCUT2D eigenvalue weighted by Gasteiger charge is -2.39. The maximum atomic E-state index is 10.7. The van der Waals surface area contributed by atoms with Gasteiger partial charge < -0.3 is 81.2 Å². The summed E-state index contributed by atoms with van der Waals surface area (Å²) in [7, 11) is 0. The van der Waals surface area contributed by atoms with E-state index in [2.05, 4.69) is 30.9 Å². The van der Waals surface area contributed by atoms with Gasteiger partial charge in [-0.2, -0.15) is 0 Å². The molecule has 14 N–H and O–H groups in total. The van der Waals surface area contributed by atoms with Crippen LogP contribution in [-0.2, 0) is 19.7 Å². The topological polar surface area (TPSA) is 389 Å². The minimum Gasteiger partial charge on any atom is -0.394 e. The van der Waals surface area contributed by atoms with Crippen molar-refractivity contribution < 1.29 is 75.5 Å². The molecule has 3 aliphatic rings. The number of hydrogen-bond acceptors (Lipinski definition) is 22. The molecule has 0 spiro atoms. The molecule has 0 saturated carbocycles. The lowest BCUT2D eigenvalue weighted by atomic mass is 9.90. The molecule has 15 atom stereocenters. The summed E-state index contributed by atoms with van der Waals surface area (Å²) in [6.07, 6.45) is -20.6. The minimum absolute atomic E-state index is 0.212. The highest BCUT2D eigenvalue weighted by molar-refractivity contribution is 5.37. The van der Waals surface area contributed by atoms with Crippen LogP contribution in [0, 0.1) is 0 Å². The summed E-state index contributed by atoms with van der Waals surface area (Å²) in [5.74, 6) is 0. The van der Waals surface area contributed by atoms with Crippen LogP contribution in [0.4, 0.5) is 0 Å². The average Bonchev–Trinajstić information content (AvgIpc) is 3.91. The lowest BCUT2D eigenvalue weighted by molar-refractivity contribution is -0.254. The Labute approximate surface area is 279 Å². The fraction of sp³-hybridized carbons (Fsp3) is 0.760. The number of nitrogens with two attached hydrogens (primary N) is 1. The summed E-state index contributed by atoms with van der Waals surface area (Å²) in [6.45, 7) is -2.19. The molecule has 3 saturated heterocycles. The molecule has 0 aliphatic carbocycles. The Bertz CT molecular complexity index is 1410. The highest BCUT2D eigenvalue weighted by atomic mass is 16.6. The molecule has 0 bridgehead atoms. The largest absolute Gasteiger partial charge is 0.394 e. The molecule has 0 unspecified atom stereocenters. The van der Waals surface area contributed by atoms with Gasteiger partial charge in [0.1, 0.15) is 90.3 Å². The fourth-order valence-corrected chi connectivity index (χ4v) is 6.04. The maximum absolute atomic E-state index is 10.7. The Morgan fingerprint density at radius 3 is 0.980 bits per heavy atom. The SMILES string of the molecule is NC(c1cn([C@@H]2O[C@H](CO)[C@@H](O)[C@H](O)[C@H]2O)nn1)(c1cn([C@@H]2O[C@H](CO)[C@@H](O)[C@H](O)[C@H]2O)nn1)c1cn([C@@H]2O[C@H](CO)[C@@H](O)[C@H](O)[C@H]2O)nn1. The fourth-order valence-electron chi connectivity index (χ4n) is 6.04. The van der Waals surface area contributed by atoms with Crippen LogP contribution < -0.4 is 5.73 Å². The Hall–Kier alpha value is -3.22. The van der Waals surface area contributed by atoms with Crippen LogP contribution >= 0.6 is 0 Å². The molecule has 0 amide bonds. The van der Waals surface area contributed by atoms with Crippen LogP contribution in [0.3, 0.4) is 0 Å². The van der Waals surface area contributed by atoms with E-state index in [0.717, 1.165) is 32.6 Å². The van der Waals surface area contributed by atoms with Crippen molar-refractivity contribution in [2.24, 2.45) is 5.73 Å². The molecule has 3 aliphatic heterocycles. The van der Waals surface area contributed by atoms with E-state index < -0.39 is 117 Å². The first-order valence-corrected chi connectivity index (χ1v) is 15.2. The van der Waals surface area contributed by atoms with Crippen molar-refractivity contribution in [3.8, 4) is 0 Å². The normalized spacial score (nSPS) is 39.9. The predicted molar refractivity (Wildman–Crippen MR) is 151 cm³/mol. The third-order valence-corrected chi connectivity index (χ3v) is 9.13. The zero-order valence-electron chi connectivity index (χ0n) is 25.7. The number of aromatic nitrogens is 9. The van der Waals surface area contributed by atoms with E-state index in [0.29, 0.717) is 0 Å². The van der Waals surface area contributed by atoms with Gasteiger partial charge in [0.15, 0.2) is 24.2 Å². The van der Waals surface area contributed by atoms with Gasteiger partial charge in [-0.15, -0.1) is 15.3 Å². The van der Waals surface area contributed by atoms with Crippen molar-refractivity contribution >= 4 is 0 Å². The third kappa shape index (κ3) is 5.98. The van der Waals surface area contributed by atoms with E-state index in [9.17, 15) is 61.3 Å². The summed E-state index contributed by atoms with van der Waals surface area (Å²) in [4.78, 5) is 0. The van der Waals surface area contributed by atoms with Gasteiger partial charge in [-0.1, -0.05) is 15.6 Å². The van der Waals surface area contributed by atoms with Gasteiger partial charge in [-0.05, 0) is 0 Å². The van der Waals surface area contributed by atoms with Gasteiger partial charge in [0, 0.05) is 0 Å². The second-order valence-electron chi connectivity index (χ2n) is 12.2. The molecule has 50 heavy (non-hydrogen) atoms. The van der Waals surface area contributed by atoms with Crippen LogP contribution in [0.25, 0.3) is 0 Å². The molecule has 6 heterocycles. The number of ether oxygens (including phenoxy) is 3. The molecule has 278 valence electrons.